The zero-order valence-corrected chi connectivity index (χ0v) is 10.8. The number of hydrogen-bond acceptors (Lipinski definition) is 2. The van der Waals surface area contributed by atoms with Gasteiger partial charge < -0.3 is 10.1 Å². The Morgan fingerprint density at radius 3 is 2.50 bits per heavy atom. The third kappa shape index (κ3) is 3.91. The second kappa shape index (κ2) is 6.32. The van der Waals surface area contributed by atoms with Gasteiger partial charge >= 0.3 is 6.61 Å². The minimum atomic E-state index is -2.85. The number of rotatable bonds is 5. The Hall–Kier alpha value is -2.17. The molecule has 0 spiro atoms. The third-order valence-electron chi connectivity index (χ3n) is 2.79. The molecule has 0 saturated carbocycles. The maximum atomic E-state index is 13.1. The molecule has 0 aromatic heterocycles. The van der Waals surface area contributed by atoms with E-state index in [1.54, 1.807) is 24.3 Å². The Labute approximate surface area is 115 Å². The molecule has 0 radical (unpaired) electrons. The second-order valence-corrected chi connectivity index (χ2v) is 4.33. The number of halogens is 3. The van der Waals surface area contributed by atoms with Crippen LogP contribution in [0.3, 0.4) is 0 Å². The molecule has 1 N–H and O–H groups in total. The predicted molar refractivity (Wildman–Crippen MR) is 71.5 cm³/mol. The predicted octanol–water partition coefficient (Wildman–Crippen LogP) is 4.60. The summed E-state index contributed by atoms with van der Waals surface area (Å²) in [5.41, 5.74) is 1.39. The summed E-state index contributed by atoms with van der Waals surface area (Å²) in [6.45, 7) is -0.997. The van der Waals surface area contributed by atoms with Gasteiger partial charge in [-0.25, -0.2) is 4.39 Å². The number of benzene rings is 2. The van der Waals surface area contributed by atoms with Gasteiger partial charge in [0, 0.05) is 11.7 Å². The average Bonchev–Trinajstić information content (AvgIpc) is 2.38. The van der Waals surface area contributed by atoms with Gasteiger partial charge in [-0.2, -0.15) is 8.78 Å². The van der Waals surface area contributed by atoms with E-state index in [1.807, 2.05) is 6.92 Å². The van der Waals surface area contributed by atoms with Crippen LogP contribution in [0.5, 0.6) is 5.75 Å². The molecule has 2 aromatic rings. The SMILES string of the molecule is CC(Nc1cccc(F)c1)c1cccc(OC(F)F)c1. The fourth-order valence-electron chi connectivity index (χ4n) is 1.87. The number of hydrogen-bond donors (Lipinski definition) is 1. The molecule has 1 unspecified atom stereocenters. The molecular formula is C15H14F3NO. The summed E-state index contributed by atoms with van der Waals surface area (Å²) >= 11 is 0. The quantitative estimate of drug-likeness (QED) is 0.864. The molecule has 106 valence electrons. The summed E-state index contributed by atoms with van der Waals surface area (Å²) in [7, 11) is 0. The van der Waals surface area contributed by atoms with Gasteiger partial charge in [0.05, 0.1) is 0 Å². The zero-order chi connectivity index (χ0) is 14.5. The molecule has 20 heavy (non-hydrogen) atoms. The van der Waals surface area contributed by atoms with Gasteiger partial charge in [0.1, 0.15) is 11.6 Å². The first-order chi connectivity index (χ1) is 9.54. The Bertz CT molecular complexity index is 575. The number of ether oxygens (including phenoxy) is 1. The minimum Gasteiger partial charge on any atom is -0.435 e. The molecule has 0 amide bonds. The molecule has 2 rings (SSSR count). The number of anilines is 1. The van der Waals surface area contributed by atoms with Crippen molar-refractivity contribution >= 4 is 5.69 Å². The number of nitrogens with one attached hydrogen (secondary N) is 1. The maximum Gasteiger partial charge on any atom is 0.387 e. The summed E-state index contributed by atoms with van der Waals surface area (Å²) in [6, 6.07) is 12.3. The van der Waals surface area contributed by atoms with Crippen molar-refractivity contribution in [2.75, 3.05) is 5.32 Å². The Morgan fingerprint density at radius 1 is 1.05 bits per heavy atom. The summed E-state index contributed by atoms with van der Waals surface area (Å²) in [6.07, 6.45) is 0. The highest BCUT2D eigenvalue weighted by molar-refractivity contribution is 5.46. The first kappa shape index (κ1) is 14.2. The molecular weight excluding hydrogens is 267 g/mol. The summed E-state index contributed by atoms with van der Waals surface area (Å²) in [5, 5.41) is 3.10. The van der Waals surface area contributed by atoms with Crippen LogP contribution in [0.15, 0.2) is 48.5 Å². The van der Waals surface area contributed by atoms with Crippen molar-refractivity contribution in [3.8, 4) is 5.75 Å². The van der Waals surface area contributed by atoms with E-state index in [1.165, 1.54) is 24.3 Å². The molecule has 0 saturated heterocycles. The molecule has 5 heteroatoms. The lowest BCUT2D eigenvalue weighted by Crippen LogP contribution is -2.08. The van der Waals surface area contributed by atoms with Crippen molar-refractivity contribution in [3.63, 3.8) is 0 Å². The van der Waals surface area contributed by atoms with Crippen molar-refractivity contribution in [3.05, 3.63) is 59.9 Å². The fraction of sp³-hybridized carbons (Fsp3) is 0.200. The van der Waals surface area contributed by atoms with Gasteiger partial charge in [-0.3, -0.25) is 0 Å². The summed E-state index contributed by atoms with van der Waals surface area (Å²) < 4.78 is 41.8. The lowest BCUT2D eigenvalue weighted by Gasteiger charge is -2.16. The van der Waals surface area contributed by atoms with Crippen LogP contribution in [0.2, 0.25) is 0 Å². The molecule has 2 aromatic carbocycles. The van der Waals surface area contributed by atoms with Crippen LogP contribution in [0.4, 0.5) is 18.9 Å². The van der Waals surface area contributed by atoms with Crippen molar-refractivity contribution < 1.29 is 17.9 Å². The lowest BCUT2D eigenvalue weighted by atomic mass is 10.1. The summed E-state index contributed by atoms with van der Waals surface area (Å²) in [5.74, 6) is -0.234. The Balaban J connectivity index is 2.10. The van der Waals surface area contributed by atoms with Crippen LogP contribution in [-0.4, -0.2) is 6.61 Å². The molecule has 0 aliphatic carbocycles. The molecule has 0 heterocycles. The normalized spacial score (nSPS) is 12.2. The Morgan fingerprint density at radius 2 is 1.80 bits per heavy atom. The molecule has 0 bridgehead atoms. The van der Waals surface area contributed by atoms with Crippen LogP contribution in [0.25, 0.3) is 0 Å². The molecule has 0 aliphatic rings. The second-order valence-electron chi connectivity index (χ2n) is 4.33. The van der Waals surface area contributed by atoms with Crippen LogP contribution in [-0.2, 0) is 0 Å². The van der Waals surface area contributed by atoms with Crippen molar-refractivity contribution in [2.45, 2.75) is 19.6 Å². The largest absolute Gasteiger partial charge is 0.435 e. The maximum absolute atomic E-state index is 13.1. The van der Waals surface area contributed by atoms with E-state index < -0.39 is 6.61 Å². The molecule has 1 atom stereocenters. The highest BCUT2D eigenvalue weighted by atomic mass is 19.3. The van der Waals surface area contributed by atoms with Crippen molar-refractivity contribution in [1.29, 1.82) is 0 Å². The average molecular weight is 281 g/mol. The third-order valence-corrected chi connectivity index (χ3v) is 2.79. The van der Waals surface area contributed by atoms with Crippen LogP contribution >= 0.6 is 0 Å². The van der Waals surface area contributed by atoms with Gasteiger partial charge in [-0.05, 0) is 42.8 Å². The topological polar surface area (TPSA) is 21.3 Å². The van der Waals surface area contributed by atoms with Crippen LogP contribution in [0.1, 0.15) is 18.5 Å². The van der Waals surface area contributed by atoms with E-state index in [0.29, 0.717) is 5.69 Å². The van der Waals surface area contributed by atoms with E-state index in [2.05, 4.69) is 10.1 Å². The monoisotopic (exact) mass is 281 g/mol. The van der Waals surface area contributed by atoms with Gasteiger partial charge in [-0.15, -0.1) is 0 Å². The van der Waals surface area contributed by atoms with Gasteiger partial charge in [0.15, 0.2) is 0 Å². The first-order valence-electron chi connectivity index (χ1n) is 6.11. The highest BCUT2D eigenvalue weighted by Crippen LogP contribution is 2.24. The molecule has 0 aliphatic heterocycles. The molecule has 2 nitrogen and oxygen atoms in total. The summed E-state index contributed by atoms with van der Waals surface area (Å²) in [4.78, 5) is 0. The van der Waals surface area contributed by atoms with E-state index in [4.69, 9.17) is 0 Å². The lowest BCUT2D eigenvalue weighted by molar-refractivity contribution is -0.0498. The van der Waals surface area contributed by atoms with Crippen LogP contribution in [0, 0.1) is 5.82 Å². The standard InChI is InChI=1S/C15H14F3NO/c1-10(19-13-6-3-5-12(16)9-13)11-4-2-7-14(8-11)20-15(17)18/h2-10,15,19H,1H3. The Kier molecular flexibility index (Phi) is 4.50. The van der Waals surface area contributed by atoms with E-state index in [9.17, 15) is 13.2 Å². The highest BCUT2D eigenvalue weighted by Gasteiger charge is 2.09. The van der Waals surface area contributed by atoms with E-state index in [-0.39, 0.29) is 17.6 Å². The number of alkyl halides is 2. The van der Waals surface area contributed by atoms with Gasteiger partial charge in [-0.1, -0.05) is 18.2 Å². The van der Waals surface area contributed by atoms with E-state index >= 15 is 0 Å². The molecule has 0 fully saturated rings. The fourth-order valence-corrected chi connectivity index (χ4v) is 1.87. The minimum absolute atomic E-state index is 0.102. The van der Waals surface area contributed by atoms with Crippen LogP contribution < -0.4 is 10.1 Å². The zero-order valence-electron chi connectivity index (χ0n) is 10.8. The van der Waals surface area contributed by atoms with Crippen molar-refractivity contribution in [1.82, 2.24) is 0 Å². The smallest absolute Gasteiger partial charge is 0.387 e. The van der Waals surface area contributed by atoms with E-state index in [0.717, 1.165) is 5.56 Å². The van der Waals surface area contributed by atoms with Gasteiger partial charge in [0.2, 0.25) is 0 Å². The van der Waals surface area contributed by atoms with Gasteiger partial charge in [0.25, 0.3) is 0 Å². The first-order valence-corrected chi connectivity index (χ1v) is 6.11. The van der Waals surface area contributed by atoms with Crippen molar-refractivity contribution in [2.24, 2.45) is 0 Å².